The van der Waals surface area contributed by atoms with Crippen molar-refractivity contribution in [2.75, 3.05) is 33.2 Å². The predicted molar refractivity (Wildman–Crippen MR) is 111 cm³/mol. The van der Waals surface area contributed by atoms with Crippen molar-refractivity contribution in [1.82, 2.24) is 15.1 Å². The smallest absolute Gasteiger partial charge is 0.249 e. The highest BCUT2D eigenvalue weighted by atomic mass is 16.2. The fourth-order valence-corrected chi connectivity index (χ4v) is 3.54. The Labute approximate surface area is 167 Å². The zero-order valence-corrected chi connectivity index (χ0v) is 16.7. The van der Waals surface area contributed by atoms with E-state index in [2.05, 4.69) is 17.3 Å². The molecule has 0 spiro atoms. The molecule has 0 bridgehead atoms. The second-order valence-corrected chi connectivity index (χ2v) is 7.56. The molecule has 28 heavy (non-hydrogen) atoms. The van der Waals surface area contributed by atoms with Crippen LogP contribution < -0.4 is 5.32 Å². The molecule has 1 fully saturated rings. The Bertz CT molecular complexity index is 771. The van der Waals surface area contributed by atoms with E-state index in [1.54, 1.807) is 0 Å². The number of amides is 2. The lowest BCUT2D eigenvalue weighted by molar-refractivity contribution is -0.138. The van der Waals surface area contributed by atoms with Gasteiger partial charge in [0.15, 0.2) is 0 Å². The van der Waals surface area contributed by atoms with Crippen molar-refractivity contribution in [2.45, 2.75) is 25.3 Å². The molecule has 2 unspecified atom stereocenters. The summed E-state index contributed by atoms with van der Waals surface area (Å²) in [7, 11) is 2.06. The molecular formula is C23H29N3O2. The largest absolute Gasteiger partial charge is 0.341 e. The van der Waals surface area contributed by atoms with E-state index in [4.69, 9.17) is 0 Å². The number of carbonyl (C=O) groups excluding carboxylic acids is 2. The first kappa shape index (κ1) is 20.1. The van der Waals surface area contributed by atoms with Crippen molar-refractivity contribution in [2.24, 2.45) is 0 Å². The van der Waals surface area contributed by atoms with Crippen LogP contribution in [0.1, 0.15) is 36.4 Å². The van der Waals surface area contributed by atoms with Gasteiger partial charge in [-0.1, -0.05) is 67.6 Å². The molecule has 0 saturated carbocycles. The van der Waals surface area contributed by atoms with Gasteiger partial charge in [0.1, 0.15) is 6.04 Å². The van der Waals surface area contributed by atoms with Crippen LogP contribution in [0.2, 0.25) is 0 Å². The predicted octanol–water partition coefficient (Wildman–Crippen LogP) is 2.81. The maximum atomic E-state index is 13.2. The first-order chi connectivity index (χ1) is 13.5. The Balaban J connectivity index is 1.70. The Morgan fingerprint density at radius 1 is 0.893 bits per heavy atom. The molecule has 5 nitrogen and oxygen atoms in total. The van der Waals surface area contributed by atoms with Crippen LogP contribution in [0, 0.1) is 0 Å². The summed E-state index contributed by atoms with van der Waals surface area (Å²) >= 11 is 0. The maximum absolute atomic E-state index is 13.2. The normalized spacial score (nSPS) is 17.0. The highest BCUT2D eigenvalue weighted by Crippen LogP contribution is 2.21. The summed E-state index contributed by atoms with van der Waals surface area (Å²) in [6, 6.07) is 18.9. The number of likely N-dealkylation sites (N-methyl/N-ethyl adjacent to an activating group) is 1. The van der Waals surface area contributed by atoms with Crippen LogP contribution in [-0.4, -0.2) is 54.8 Å². The standard InChI is InChI=1S/C23H29N3O2/c1-18(19-9-5-3-6-10-19)17-21(27)24-22(20-11-7-4-8-12-20)23(28)26-15-13-25(2)14-16-26/h3-12,18,22H,13-17H2,1-2H3,(H,24,27). The molecule has 0 radical (unpaired) electrons. The minimum atomic E-state index is -0.639. The minimum Gasteiger partial charge on any atom is -0.341 e. The second-order valence-electron chi connectivity index (χ2n) is 7.56. The van der Waals surface area contributed by atoms with E-state index in [1.807, 2.05) is 72.5 Å². The molecule has 0 aliphatic carbocycles. The zero-order chi connectivity index (χ0) is 19.9. The van der Waals surface area contributed by atoms with Gasteiger partial charge >= 0.3 is 0 Å². The highest BCUT2D eigenvalue weighted by Gasteiger charge is 2.29. The fourth-order valence-electron chi connectivity index (χ4n) is 3.54. The zero-order valence-electron chi connectivity index (χ0n) is 16.7. The number of benzene rings is 2. The summed E-state index contributed by atoms with van der Waals surface area (Å²) < 4.78 is 0. The number of piperazine rings is 1. The number of nitrogens with one attached hydrogen (secondary N) is 1. The van der Waals surface area contributed by atoms with Crippen molar-refractivity contribution < 1.29 is 9.59 Å². The third-order valence-electron chi connectivity index (χ3n) is 5.36. The summed E-state index contributed by atoms with van der Waals surface area (Å²) in [6.45, 7) is 5.12. The number of rotatable bonds is 6. The molecule has 1 saturated heterocycles. The summed E-state index contributed by atoms with van der Waals surface area (Å²) in [5, 5.41) is 3.00. The fraction of sp³-hybridized carbons (Fsp3) is 0.391. The van der Waals surface area contributed by atoms with E-state index in [0.29, 0.717) is 19.5 Å². The van der Waals surface area contributed by atoms with Crippen LogP contribution >= 0.6 is 0 Å². The van der Waals surface area contributed by atoms with Gasteiger partial charge in [-0.2, -0.15) is 0 Å². The van der Waals surface area contributed by atoms with Crippen LogP contribution in [0.4, 0.5) is 0 Å². The Kier molecular flexibility index (Phi) is 6.82. The molecule has 2 amide bonds. The Morgan fingerprint density at radius 2 is 1.43 bits per heavy atom. The summed E-state index contributed by atoms with van der Waals surface area (Å²) in [4.78, 5) is 30.0. The Hall–Kier alpha value is -2.66. The Morgan fingerprint density at radius 3 is 2.00 bits per heavy atom. The molecule has 2 aromatic carbocycles. The molecule has 0 aromatic heterocycles. The van der Waals surface area contributed by atoms with Crippen molar-refractivity contribution in [3.8, 4) is 0 Å². The van der Waals surface area contributed by atoms with Gasteiger partial charge in [0.05, 0.1) is 0 Å². The van der Waals surface area contributed by atoms with E-state index in [-0.39, 0.29) is 17.7 Å². The molecule has 1 heterocycles. The van der Waals surface area contributed by atoms with Gasteiger partial charge in [-0.25, -0.2) is 0 Å². The first-order valence-electron chi connectivity index (χ1n) is 9.91. The van der Waals surface area contributed by atoms with Crippen LogP contribution in [0.15, 0.2) is 60.7 Å². The van der Waals surface area contributed by atoms with Gasteiger partial charge < -0.3 is 15.1 Å². The summed E-state index contributed by atoms with van der Waals surface area (Å²) in [5.41, 5.74) is 1.95. The van der Waals surface area contributed by atoms with E-state index < -0.39 is 6.04 Å². The number of carbonyl (C=O) groups is 2. The minimum absolute atomic E-state index is 0.0278. The van der Waals surface area contributed by atoms with E-state index in [9.17, 15) is 9.59 Å². The molecule has 1 aliphatic rings. The van der Waals surface area contributed by atoms with E-state index >= 15 is 0 Å². The first-order valence-corrected chi connectivity index (χ1v) is 9.91. The van der Waals surface area contributed by atoms with Gasteiger partial charge in [0.25, 0.3) is 0 Å². The average Bonchev–Trinajstić information content (AvgIpc) is 2.73. The molecule has 1 aliphatic heterocycles. The monoisotopic (exact) mass is 379 g/mol. The lowest BCUT2D eigenvalue weighted by atomic mass is 9.97. The van der Waals surface area contributed by atoms with Crippen LogP contribution in [0.5, 0.6) is 0 Å². The molecule has 5 heteroatoms. The number of hydrogen-bond donors (Lipinski definition) is 1. The van der Waals surface area contributed by atoms with Crippen LogP contribution in [-0.2, 0) is 9.59 Å². The quantitative estimate of drug-likeness (QED) is 0.840. The topological polar surface area (TPSA) is 52.7 Å². The van der Waals surface area contributed by atoms with Gasteiger partial charge in [-0.15, -0.1) is 0 Å². The SMILES string of the molecule is CC(CC(=O)NC(C(=O)N1CCN(C)CC1)c1ccccc1)c1ccccc1. The van der Waals surface area contributed by atoms with Crippen molar-refractivity contribution in [3.05, 3.63) is 71.8 Å². The maximum Gasteiger partial charge on any atom is 0.249 e. The van der Waals surface area contributed by atoms with Crippen molar-refractivity contribution in [3.63, 3.8) is 0 Å². The summed E-state index contributed by atoms with van der Waals surface area (Å²) in [5.74, 6) is -0.0379. The van der Waals surface area contributed by atoms with Gasteiger partial charge in [0.2, 0.25) is 11.8 Å². The lowest BCUT2D eigenvalue weighted by Crippen LogP contribution is -2.51. The molecule has 2 aromatic rings. The van der Waals surface area contributed by atoms with Gasteiger partial charge in [0, 0.05) is 32.6 Å². The highest BCUT2D eigenvalue weighted by molar-refractivity contribution is 5.89. The molecular weight excluding hydrogens is 350 g/mol. The number of nitrogens with zero attached hydrogens (tertiary/aromatic N) is 2. The van der Waals surface area contributed by atoms with Gasteiger partial charge in [-0.3, -0.25) is 9.59 Å². The summed E-state index contributed by atoms with van der Waals surface area (Å²) in [6.07, 6.45) is 0.351. The van der Waals surface area contributed by atoms with Crippen molar-refractivity contribution in [1.29, 1.82) is 0 Å². The van der Waals surface area contributed by atoms with E-state index in [0.717, 1.165) is 24.2 Å². The third-order valence-corrected chi connectivity index (χ3v) is 5.36. The lowest BCUT2D eigenvalue weighted by Gasteiger charge is -2.35. The van der Waals surface area contributed by atoms with E-state index in [1.165, 1.54) is 0 Å². The molecule has 148 valence electrons. The van der Waals surface area contributed by atoms with Crippen molar-refractivity contribution >= 4 is 11.8 Å². The molecule has 2 atom stereocenters. The van der Waals surface area contributed by atoms with Gasteiger partial charge in [-0.05, 0) is 24.1 Å². The molecule has 1 N–H and O–H groups in total. The second kappa shape index (κ2) is 9.51. The van der Waals surface area contributed by atoms with Crippen LogP contribution in [0.25, 0.3) is 0 Å². The molecule has 3 rings (SSSR count). The van der Waals surface area contributed by atoms with Crippen LogP contribution in [0.3, 0.4) is 0 Å². The average molecular weight is 380 g/mol. The third kappa shape index (κ3) is 5.20. The number of hydrogen-bond acceptors (Lipinski definition) is 3.